The van der Waals surface area contributed by atoms with Crippen LogP contribution >= 0.6 is 74.3 Å². The van der Waals surface area contributed by atoms with E-state index in [0.717, 1.165) is 6.04 Å². The molecule has 3 aliphatic heterocycles. The Kier molecular flexibility index (Phi) is 24.6. The zero-order valence-electron chi connectivity index (χ0n) is 56.4. The quantitative estimate of drug-likeness (QED) is 0.0361. The number of amidine groups is 2. The summed E-state index contributed by atoms with van der Waals surface area (Å²) in [7, 11) is 4.68. The Morgan fingerprint density at radius 2 is 1.19 bits per heavy atom. The molecule has 10 rings (SSSR count). The number of benzene rings is 2. The van der Waals surface area contributed by atoms with E-state index < -0.39 is 80.9 Å². The highest BCUT2D eigenvalue weighted by Gasteiger charge is 2.73. The van der Waals surface area contributed by atoms with Gasteiger partial charge in [0.1, 0.15) is 45.0 Å². The average Bonchev–Trinajstić information content (AvgIpc) is 1.53. The summed E-state index contributed by atoms with van der Waals surface area (Å²) in [6.07, 6.45) is 7.86. The topological polar surface area (TPSA) is 204 Å². The lowest BCUT2D eigenvalue weighted by molar-refractivity contribution is -0.130. The number of ether oxygens (including phenoxy) is 2. The number of aromatic nitrogens is 3. The van der Waals surface area contributed by atoms with Gasteiger partial charge in [-0.1, -0.05) is 90.1 Å². The minimum absolute atomic E-state index is 0.0805. The average molecular weight is 1500 g/mol. The molecule has 17 nitrogen and oxygen atoms in total. The molecule has 3 amide bonds. The van der Waals surface area contributed by atoms with Gasteiger partial charge in [0.25, 0.3) is 0 Å². The van der Waals surface area contributed by atoms with E-state index in [1.54, 1.807) is 109 Å². The molecule has 5 aliphatic rings. The van der Waals surface area contributed by atoms with Crippen molar-refractivity contribution in [2.24, 2.45) is 27.6 Å². The Morgan fingerprint density at radius 1 is 0.719 bits per heavy atom. The first-order valence-electron chi connectivity index (χ1n) is 30.5. The van der Waals surface area contributed by atoms with Crippen LogP contribution in [0.3, 0.4) is 0 Å². The number of carbonyl (C=O) groups excluding carboxylic acids is 4. The summed E-state index contributed by atoms with van der Waals surface area (Å²) in [5.74, 6) is -2.31. The summed E-state index contributed by atoms with van der Waals surface area (Å²) < 4.78 is 80.3. The maximum atomic E-state index is 16.0. The number of hydrogen-bond donors (Lipinski definition) is 1. The van der Waals surface area contributed by atoms with E-state index in [-0.39, 0.29) is 51.8 Å². The first-order chi connectivity index (χ1) is 44.5. The Balaban J connectivity index is 0.000000216. The van der Waals surface area contributed by atoms with E-state index in [9.17, 15) is 32.3 Å². The van der Waals surface area contributed by atoms with Gasteiger partial charge in [-0.25, -0.2) is 22.9 Å². The van der Waals surface area contributed by atoms with Gasteiger partial charge in [-0.05, 0) is 163 Å². The van der Waals surface area contributed by atoms with Gasteiger partial charge in [0.2, 0.25) is 11.8 Å². The van der Waals surface area contributed by atoms with Crippen LogP contribution in [0.25, 0.3) is 18.0 Å². The van der Waals surface area contributed by atoms with Gasteiger partial charge in [-0.15, -0.1) is 0 Å². The van der Waals surface area contributed by atoms with Crippen LogP contribution in [0.4, 0.5) is 22.4 Å². The molecule has 5 aromatic rings. The first-order valence-corrected chi connectivity index (χ1v) is 37.8. The third-order valence-corrected chi connectivity index (χ3v) is 22.1. The highest BCUT2D eigenvalue weighted by atomic mass is 79.9. The van der Waals surface area contributed by atoms with E-state index in [4.69, 9.17) is 64.3 Å². The predicted molar refractivity (Wildman–Crippen MR) is 384 cm³/mol. The molecular weight excluding hydrogens is 1420 g/mol. The van der Waals surface area contributed by atoms with Crippen molar-refractivity contribution in [1.29, 1.82) is 0 Å². The van der Waals surface area contributed by atoms with Crippen LogP contribution in [-0.2, 0) is 39.4 Å². The van der Waals surface area contributed by atoms with Crippen molar-refractivity contribution in [3.63, 3.8) is 0 Å². The minimum atomic E-state index is -1.39. The summed E-state index contributed by atoms with van der Waals surface area (Å²) in [6, 6.07) is 19.4. The minimum Gasteiger partial charge on any atom is -0.443 e. The maximum absolute atomic E-state index is 16.0. The second-order valence-corrected chi connectivity index (χ2v) is 37.9. The fraction of sp³-hybridized carbons (Fsp3) is 0.448. The van der Waals surface area contributed by atoms with Gasteiger partial charge in [-0.3, -0.25) is 39.3 Å². The lowest BCUT2D eigenvalue weighted by Crippen LogP contribution is -2.49. The van der Waals surface area contributed by atoms with Gasteiger partial charge < -0.3 is 34.3 Å². The monoisotopic (exact) mass is 1500 g/mol. The molecule has 6 atom stereocenters. The maximum Gasteiger partial charge on any atom is 0.494 e. The number of nitrogens with two attached hydrogens (primary N) is 1. The summed E-state index contributed by atoms with van der Waals surface area (Å²) in [4.78, 5) is 75.9. The fourth-order valence-electron chi connectivity index (χ4n) is 10.8. The lowest BCUT2D eigenvalue weighted by atomic mass is 9.75. The molecule has 3 aromatic heterocycles. The van der Waals surface area contributed by atoms with Crippen molar-refractivity contribution in [2.75, 3.05) is 41.5 Å². The van der Waals surface area contributed by atoms with Crippen molar-refractivity contribution in [2.45, 2.75) is 138 Å². The smallest absolute Gasteiger partial charge is 0.443 e. The van der Waals surface area contributed by atoms with Crippen LogP contribution in [-0.4, -0.2) is 147 Å². The summed E-state index contributed by atoms with van der Waals surface area (Å²) in [6.45, 7) is 24.0. The van der Waals surface area contributed by atoms with Crippen LogP contribution in [0, 0.1) is 23.5 Å². The van der Waals surface area contributed by atoms with Crippen molar-refractivity contribution in [3.8, 4) is 0 Å². The second-order valence-electron chi connectivity index (χ2n) is 27.6. The Morgan fingerprint density at radius 3 is 1.65 bits per heavy atom. The van der Waals surface area contributed by atoms with E-state index in [2.05, 4.69) is 55.5 Å². The molecule has 2 aliphatic carbocycles. The van der Waals surface area contributed by atoms with E-state index in [1.807, 2.05) is 34.6 Å². The number of rotatable bonds is 14. The molecular formula is C67H80BBrCl3F4N9O8S2Si. The molecule has 0 bridgehead atoms. The fourth-order valence-corrected chi connectivity index (χ4v) is 15.3. The number of fused-ring (bicyclic) bond motifs is 2. The zero-order chi connectivity index (χ0) is 71.5. The molecule has 29 heteroatoms. The van der Waals surface area contributed by atoms with Gasteiger partial charge in [0.05, 0.1) is 48.7 Å². The van der Waals surface area contributed by atoms with Gasteiger partial charge in [0.15, 0.2) is 21.4 Å². The summed E-state index contributed by atoms with van der Waals surface area (Å²) in [5, 5.41) is 2.01. The SMILES string of the molecule is CN(C)C(=O)[C@]12C[C@H]1[C@@](C)(c1cc(/C(F)=C/c3ccc(Cl)cn3)ccc1F)N=C(N)S2.CN(C)C(=O)[C@]12C[C@H]1[C@@](C)(c1cc(B3OC(C)(C)C(C)(C)O3)ccc1F)N=C(N(COCC[Si](C)(C)C)C(=O)OC(C)(C)C)S2.F/C(Br)=C\c1ccc(Cl)cn1.O=Cc1ccc(Cl)cn1. The number of hydrogen-bond acceptors (Lipinski definition) is 16. The molecule has 96 heavy (non-hydrogen) atoms. The molecule has 0 radical (unpaired) electrons. The summed E-state index contributed by atoms with van der Waals surface area (Å²) in [5.41, 5.74) is 4.55. The molecule has 516 valence electrons. The number of aldehydes is 1. The van der Waals surface area contributed by atoms with Crippen molar-refractivity contribution in [3.05, 3.63) is 157 Å². The zero-order valence-corrected chi connectivity index (χ0v) is 62.9. The van der Waals surface area contributed by atoms with Crippen molar-refractivity contribution >= 4 is 147 Å². The van der Waals surface area contributed by atoms with Crippen LogP contribution in [0.15, 0.2) is 106 Å². The standard InChI is InChI=1S/C32H51BFN3O6SSi.C22H21ClF2N4OS.C7H4BrClFN.C6H4ClNO/c1-28(2,3)41-27(39)37(20-40-16-17-45(11,12)13)26-35-31(8,24-19-32(24,44-26)25(38)36(9)10)22-18-21(14-15-23(22)34)33-42-29(4,5)30(6,7)43-33;1-21(18-10-22(18,19(30)29(2)3)31-20(26)28-21)15-8-12(4-7-16(15)24)17(25)9-14-6-5-13(23)11-27-14;8-7(10)3-6-2-1-5(9)4-11-6;7-5-1-2-6(4-9)8-3-5/h14-15,18,24H,16-17,19-20H2,1-13H3;4-9,11,18H,10H2,1-3H3,(H2,26,28);1-4H;1-4H/b;17-9-;7-3-;/t24-,31+,32-;18-,21+,22-;;/m00../s1. The van der Waals surface area contributed by atoms with Crippen LogP contribution in [0.2, 0.25) is 40.8 Å². The molecule has 0 spiro atoms. The van der Waals surface area contributed by atoms with Gasteiger partial charge >= 0.3 is 13.2 Å². The number of halogens is 8. The molecule has 0 unspecified atom stereocenters. The Hall–Kier alpha value is -5.68. The predicted octanol–water partition coefficient (Wildman–Crippen LogP) is 15.2. The normalized spacial score (nSPS) is 23.7. The number of nitrogens with zero attached hydrogens (tertiary/aromatic N) is 8. The highest BCUT2D eigenvalue weighted by Crippen LogP contribution is 2.68. The van der Waals surface area contributed by atoms with Crippen molar-refractivity contribution < 1.29 is 55.5 Å². The van der Waals surface area contributed by atoms with Crippen LogP contribution in [0.1, 0.15) is 114 Å². The van der Waals surface area contributed by atoms with Gasteiger partial charge in [-0.2, -0.15) is 4.39 Å². The van der Waals surface area contributed by atoms with Gasteiger partial charge in [0, 0.05) is 102 Å². The number of aliphatic imine (C=N–C) groups is 2. The Labute approximate surface area is 592 Å². The van der Waals surface area contributed by atoms with E-state index in [0.29, 0.717) is 68.9 Å². The molecule has 2 N–H and O–H groups in total. The van der Waals surface area contributed by atoms with Crippen LogP contribution in [0.5, 0.6) is 0 Å². The molecule has 2 aromatic carbocycles. The summed E-state index contributed by atoms with van der Waals surface area (Å²) >= 11 is 22.0. The number of pyridine rings is 3. The number of thioether (sulfide) groups is 2. The molecule has 2 saturated carbocycles. The highest BCUT2D eigenvalue weighted by molar-refractivity contribution is 9.11. The lowest BCUT2D eigenvalue weighted by Gasteiger charge is -2.38. The van der Waals surface area contributed by atoms with Crippen molar-refractivity contribution in [1.82, 2.24) is 29.7 Å². The molecule has 3 fully saturated rings. The Bertz CT molecular complexity index is 3820. The van der Waals surface area contributed by atoms with E-state index >= 15 is 4.39 Å². The number of carbonyl (C=O) groups is 4. The number of amides is 3. The largest absolute Gasteiger partial charge is 0.494 e. The van der Waals surface area contributed by atoms with E-state index in [1.165, 1.54) is 88.3 Å². The molecule has 6 heterocycles. The third kappa shape index (κ3) is 18.6. The van der Waals surface area contributed by atoms with Crippen LogP contribution < -0.4 is 11.2 Å². The third-order valence-electron chi connectivity index (χ3n) is 16.8. The second kappa shape index (κ2) is 30.4. The molecule has 1 saturated heterocycles. The first kappa shape index (κ1) is 77.7.